The van der Waals surface area contributed by atoms with Gasteiger partial charge in [-0.2, -0.15) is 11.8 Å². The van der Waals surface area contributed by atoms with Crippen LogP contribution in [0.5, 0.6) is 5.75 Å². The minimum atomic E-state index is -3.77. The predicted octanol–water partition coefficient (Wildman–Crippen LogP) is 4.45. The van der Waals surface area contributed by atoms with Crippen LogP contribution in [0.25, 0.3) is 10.8 Å². The molecule has 0 saturated heterocycles. The SMILES string of the molecule is COC(=O)[C@H](CCSC)NP(=O)(Cl)Oc1cccc2ccccc12. The number of thioether (sulfide) groups is 1. The zero-order valence-electron chi connectivity index (χ0n) is 13.4. The molecule has 8 heteroatoms. The molecule has 0 spiro atoms. The van der Waals surface area contributed by atoms with Gasteiger partial charge in [0, 0.05) is 16.6 Å². The van der Waals surface area contributed by atoms with Crippen LogP contribution in [-0.2, 0) is 14.1 Å². The van der Waals surface area contributed by atoms with Crippen molar-refractivity contribution in [1.82, 2.24) is 5.09 Å². The Balaban J connectivity index is 2.19. The van der Waals surface area contributed by atoms with Gasteiger partial charge in [0.15, 0.2) is 0 Å². The summed E-state index contributed by atoms with van der Waals surface area (Å²) in [5.74, 6) is 0.566. The first-order chi connectivity index (χ1) is 11.5. The largest absolute Gasteiger partial charge is 0.468 e. The normalized spacial score (nSPS) is 14.8. The number of nitrogens with one attached hydrogen (secondary N) is 1. The molecule has 0 saturated carbocycles. The number of rotatable bonds is 8. The number of carbonyl (C=O) groups is 1. The highest BCUT2D eigenvalue weighted by atomic mass is 35.7. The lowest BCUT2D eigenvalue weighted by Gasteiger charge is -2.20. The Bertz CT molecular complexity index is 752. The number of hydrogen-bond donors (Lipinski definition) is 1. The van der Waals surface area contributed by atoms with Crippen LogP contribution in [0.2, 0.25) is 0 Å². The number of methoxy groups -OCH3 is 1. The summed E-state index contributed by atoms with van der Waals surface area (Å²) in [5.41, 5.74) is 0. The number of fused-ring (bicyclic) bond motifs is 1. The van der Waals surface area contributed by atoms with Crippen LogP contribution in [0.3, 0.4) is 0 Å². The van der Waals surface area contributed by atoms with E-state index in [1.807, 2.05) is 36.6 Å². The third-order valence-electron chi connectivity index (χ3n) is 3.37. The van der Waals surface area contributed by atoms with E-state index in [1.165, 1.54) is 7.11 Å². The van der Waals surface area contributed by atoms with Crippen molar-refractivity contribution in [3.8, 4) is 5.75 Å². The molecule has 2 rings (SSSR count). The van der Waals surface area contributed by atoms with Crippen molar-refractivity contribution in [2.75, 3.05) is 19.1 Å². The predicted molar refractivity (Wildman–Crippen MR) is 100.0 cm³/mol. The molecule has 0 radical (unpaired) electrons. The molecule has 1 unspecified atom stereocenters. The lowest BCUT2D eigenvalue weighted by atomic mass is 10.1. The van der Waals surface area contributed by atoms with Gasteiger partial charge in [0.25, 0.3) is 0 Å². The number of hydrogen-bond acceptors (Lipinski definition) is 5. The van der Waals surface area contributed by atoms with E-state index in [4.69, 9.17) is 20.5 Å². The average Bonchev–Trinajstić information content (AvgIpc) is 2.58. The number of carbonyl (C=O) groups excluding carboxylic acids is 1. The summed E-state index contributed by atoms with van der Waals surface area (Å²) in [5, 5.41) is 4.34. The second-order valence-corrected chi connectivity index (χ2v) is 8.76. The molecule has 0 bridgehead atoms. The van der Waals surface area contributed by atoms with Gasteiger partial charge in [0.2, 0.25) is 0 Å². The van der Waals surface area contributed by atoms with Crippen LogP contribution in [0.4, 0.5) is 0 Å². The van der Waals surface area contributed by atoms with Crippen molar-refractivity contribution in [3.63, 3.8) is 0 Å². The van der Waals surface area contributed by atoms with Crippen molar-refractivity contribution in [3.05, 3.63) is 42.5 Å². The zero-order valence-corrected chi connectivity index (χ0v) is 15.9. The van der Waals surface area contributed by atoms with Gasteiger partial charge in [-0.05, 0) is 29.9 Å². The fraction of sp³-hybridized carbons (Fsp3) is 0.312. The molecular formula is C16H19ClNO4PS. The number of benzene rings is 2. The van der Waals surface area contributed by atoms with Gasteiger partial charge >= 0.3 is 12.8 Å². The molecule has 0 aromatic heterocycles. The van der Waals surface area contributed by atoms with Crippen LogP contribution in [0.1, 0.15) is 6.42 Å². The van der Waals surface area contributed by atoms with Crippen molar-refractivity contribution >= 4 is 46.6 Å². The minimum absolute atomic E-state index is 0.396. The highest BCUT2D eigenvalue weighted by Gasteiger charge is 2.30. The quantitative estimate of drug-likeness (QED) is 0.533. The van der Waals surface area contributed by atoms with E-state index >= 15 is 0 Å². The minimum Gasteiger partial charge on any atom is -0.468 e. The molecule has 0 fully saturated rings. The topological polar surface area (TPSA) is 64.6 Å². The van der Waals surface area contributed by atoms with E-state index in [0.717, 1.165) is 10.8 Å². The van der Waals surface area contributed by atoms with Crippen LogP contribution in [0, 0.1) is 0 Å². The molecule has 0 heterocycles. The van der Waals surface area contributed by atoms with E-state index in [9.17, 15) is 9.36 Å². The number of halogens is 1. The highest BCUT2D eigenvalue weighted by molar-refractivity contribution is 7.98. The monoisotopic (exact) mass is 387 g/mol. The molecule has 2 aromatic rings. The van der Waals surface area contributed by atoms with Crippen molar-refractivity contribution in [1.29, 1.82) is 0 Å². The van der Waals surface area contributed by atoms with Crippen LogP contribution in [0.15, 0.2) is 42.5 Å². The van der Waals surface area contributed by atoms with Crippen molar-refractivity contribution < 1.29 is 18.6 Å². The van der Waals surface area contributed by atoms with Gasteiger partial charge < -0.3 is 9.26 Å². The Morgan fingerprint density at radius 3 is 2.71 bits per heavy atom. The van der Waals surface area contributed by atoms with Gasteiger partial charge in [-0.15, -0.1) is 0 Å². The maximum Gasteiger partial charge on any atom is 0.409 e. The summed E-state index contributed by atoms with van der Waals surface area (Å²) in [6.45, 7) is -3.77. The Hall–Kier alpha value is -1.20. The first kappa shape index (κ1) is 19.1. The lowest BCUT2D eigenvalue weighted by molar-refractivity contribution is -0.142. The van der Waals surface area contributed by atoms with Gasteiger partial charge in [0.1, 0.15) is 11.8 Å². The standard InChI is InChI=1S/C16H19ClNO4PS/c1-21-16(19)14(10-11-24-2)18-23(17,20)22-15-9-5-7-12-6-3-4-8-13(12)15/h3-9,14H,10-11H2,1-2H3,(H,18,20)/t14-,23?/m0/s1. The van der Waals surface area contributed by atoms with E-state index in [-0.39, 0.29) is 0 Å². The molecule has 5 nitrogen and oxygen atoms in total. The smallest absolute Gasteiger partial charge is 0.409 e. The summed E-state index contributed by atoms with van der Waals surface area (Å²) in [4.78, 5) is 11.8. The lowest BCUT2D eigenvalue weighted by Crippen LogP contribution is -2.36. The molecule has 130 valence electrons. The van der Waals surface area contributed by atoms with Crippen LogP contribution < -0.4 is 9.61 Å². The molecule has 0 amide bonds. The summed E-state index contributed by atoms with van der Waals surface area (Å²) >= 11 is 7.62. The van der Waals surface area contributed by atoms with Crippen molar-refractivity contribution in [2.24, 2.45) is 0 Å². The first-order valence-electron chi connectivity index (χ1n) is 7.28. The van der Waals surface area contributed by atoms with Gasteiger partial charge in [-0.3, -0.25) is 4.79 Å². The number of ether oxygens (including phenoxy) is 1. The van der Waals surface area contributed by atoms with Gasteiger partial charge in [0.05, 0.1) is 7.11 Å². The second-order valence-electron chi connectivity index (χ2n) is 5.03. The summed E-state index contributed by atoms with van der Waals surface area (Å²) in [6.07, 6.45) is 2.35. The fourth-order valence-corrected chi connectivity index (χ4v) is 4.35. The Morgan fingerprint density at radius 1 is 1.29 bits per heavy atom. The van der Waals surface area contributed by atoms with Gasteiger partial charge in [-0.25, -0.2) is 9.65 Å². The third-order valence-corrected chi connectivity index (χ3v) is 5.57. The van der Waals surface area contributed by atoms with E-state index in [1.54, 1.807) is 23.9 Å². The average molecular weight is 388 g/mol. The second kappa shape index (κ2) is 8.77. The summed E-state index contributed by atoms with van der Waals surface area (Å²) in [7, 11) is 1.28. The Morgan fingerprint density at radius 2 is 2.00 bits per heavy atom. The molecular weight excluding hydrogens is 369 g/mol. The summed E-state index contributed by atoms with van der Waals surface area (Å²) < 4.78 is 22.9. The molecule has 0 aliphatic heterocycles. The van der Waals surface area contributed by atoms with E-state index in [0.29, 0.717) is 17.9 Å². The third kappa shape index (κ3) is 5.15. The first-order valence-corrected chi connectivity index (χ1v) is 11.2. The van der Waals surface area contributed by atoms with Gasteiger partial charge in [-0.1, -0.05) is 36.4 Å². The zero-order chi connectivity index (χ0) is 17.6. The Labute approximate surface area is 150 Å². The summed E-state index contributed by atoms with van der Waals surface area (Å²) in [6, 6.07) is 12.1. The maximum absolute atomic E-state index is 12.6. The van der Waals surface area contributed by atoms with E-state index in [2.05, 4.69) is 5.09 Å². The molecule has 24 heavy (non-hydrogen) atoms. The van der Waals surface area contributed by atoms with Crippen molar-refractivity contribution in [2.45, 2.75) is 12.5 Å². The molecule has 0 aliphatic rings. The molecule has 0 aliphatic carbocycles. The molecule has 2 aromatic carbocycles. The number of esters is 1. The highest BCUT2D eigenvalue weighted by Crippen LogP contribution is 2.50. The van der Waals surface area contributed by atoms with E-state index < -0.39 is 18.9 Å². The maximum atomic E-state index is 12.6. The molecule has 2 atom stereocenters. The molecule has 1 N–H and O–H groups in total. The van der Waals surface area contributed by atoms with Crippen LogP contribution in [-0.4, -0.2) is 31.1 Å². The van der Waals surface area contributed by atoms with Crippen LogP contribution >= 0.6 is 29.9 Å². The Kier molecular flexibility index (Phi) is 6.99. The fourth-order valence-electron chi connectivity index (χ4n) is 2.23.